The van der Waals surface area contributed by atoms with Gasteiger partial charge in [0.15, 0.2) is 0 Å². The average Bonchev–Trinajstić information content (AvgIpc) is 3.12. The molecule has 2 aromatic carbocycles. The topological polar surface area (TPSA) is 107 Å². The second-order valence-corrected chi connectivity index (χ2v) is 9.07. The molecule has 0 spiro atoms. The van der Waals surface area contributed by atoms with Crippen LogP contribution in [0.3, 0.4) is 0 Å². The normalized spacial score (nSPS) is 11.5. The van der Waals surface area contributed by atoms with Gasteiger partial charge in [0.1, 0.15) is 17.9 Å². The summed E-state index contributed by atoms with van der Waals surface area (Å²) in [4.78, 5) is 25.5. The monoisotopic (exact) mass is 517 g/mol. The van der Waals surface area contributed by atoms with E-state index in [1.165, 1.54) is 37.4 Å². The number of aromatic carboxylic acids is 1. The minimum absolute atomic E-state index is 0.0579. The van der Waals surface area contributed by atoms with Crippen molar-refractivity contribution in [2.24, 2.45) is 0 Å². The highest BCUT2D eigenvalue weighted by Crippen LogP contribution is 2.31. The number of alkyl halides is 3. The molecule has 1 amide bonds. The van der Waals surface area contributed by atoms with Crippen molar-refractivity contribution in [1.82, 2.24) is 4.57 Å². The molecule has 0 atom stereocenters. The molecular weight excluding hydrogens is 491 g/mol. The Kier molecular flexibility index (Phi) is 7.62. The van der Waals surface area contributed by atoms with Crippen molar-refractivity contribution in [3.8, 4) is 17.6 Å². The van der Waals surface area contributed by atoms with Gasteiger partial charge in [0.2, 0.25) is 0 Å². The third-order valence-corrected chi connectivity index (χ3v) is 5.10. The maximum absolute atomic E-state index is 13.3. The van der Waals surface area contributed by atoms with Gasteiger partial charge in [-0.15, -0.1) is 0 Å². The Bertz CT molecular complexity index is 1390. The highest BCUT2D eigenvalue weighted by atomic mass is 19.4. The molecular formula is C26H26F3N3O5. The van der Waals surface area contributed by atoms with E-state index in [4.69, 9.17) is 15.2 Å². The summed E-state index contributed by atoms with van der Waals surface area (Å²) in [6.45, 7) is 3.43. The summed E-state index contributed by atoms with van der Waals surface area (Å²) in [5.74, 6) is 4.33. The van der Waals surface area contributed by atoms with Gasteiger partial charge in [-0.3, -0.25) is 4.90 Å². The lowest BCUT2D eigenvalue weighted by Gasteiger charge is -2.27. The number of nitrogens with zero attached hydrogens (tertiary/aromatic N) is 2. The SMILES string of the molecule is COc1cc(C(=O)O)ccc1N(CC#Cc1cc2c(N)cccc2n1CC(F)(F)F)C(=O)OC(C)(C)C. The van der Waals surface area contributed by atoms with Gasteiger partial charge in [0.25, 0.3) is 0 Å². The van der Waals surface area contributed by atoms with Crippen molar-refractivity contribution in [2.75, 3.05) is 24.3 Å². The Morgan fingerprint density at radius 3 is 2.43 bits per heavy atom. The molecule has 0 aliphatic rings. The number of methoxy groups -OCH3 is 1. The first-order chi connectivity index (χ1) is 17.2. The van der Waals surface area contributed by atoms with E-state index in [2.05, 4.69) is 11.8 Å². The number of amides is 1. The van der Waals surface area contributed by atoms with Crippen LogP contribution >= 0.6 is 0 Å². The quantitative estimate of drug-likeness (QED) is 0.352. The number of rotatable bonds is 5. The molecule has 0 radical (unpaired) electrons. The number of aromatic nitrogens is 1. The molecule has 0 unspecified atom stereocenters. The van der Waals surface area contributed by atoms with Gasteiger partial charge in [0.05, 0.1) is 36.1 Å². The van der Waals surface area contributed by atoms with E-state index in [9.17, 15) is 27.9 Å². The summed E-state index contributed by atoms with van der Waals surface area (Å²) >= 11 is 0. The highest BCUT2D eigenvalue weighted by Gasteiger charge is 2.30. The van der Waals surface area contributed by atoms with Gasteiger partial charge in [-0.1, -0.05) is 12.0 Å². The molecule has 0 fully saturated rings. The first kappa shape index (κ1) is 27.3. The predicted molar refractivity (Wildman–Crippen MR) is 133 cm³/mol. The number of nitrogen functional groups attached to an aromatic ring is 1. The first-order valence-corrected chi connectivity index (χ1v) is 11.1. The average molecular weight is 518 g/mol. The number of anilines is 2. The van der Waals surface area contributed by atoms with Crippen LogP contribution in [0, 0.1) is 11.8 Å². The van der Waals surface area contributed by atoms with E-state index in [0.29, 0.717) is 11.1 Å². The molecule has 0 bridgehead atoms. The summed E-state index contributed by atoms with van der Waals surface area (Å²) in [7, 11) is 1.31. The number of ether oxygens (including phenoxy) is 2. The fourth-order valence-electron chi connectivity index (χ4n) is 3.57. The van der Waals surface area contributed by atoms with Gasteiger partial charge in [-0.05, 0) is 63.1 Å². The number of hydrogen-bond donors (Lipinski definition) is 2. The van der Waals surface area contributed by atoms with Crippen LogP contribution in [-0.4, -0.2) is 47.2 Å². The molecule has 1 aromatic heterocycles. The number of halogens is 3. The van der Waals surface area contributed by atoms with Gasteiger partial charge in [0, 0.05) is 11.1 Å². The zero-order valence-corrected chi connectivity index (χ0v) is 20.6. The minimum atomic E-state index is -4.51. The summed E-state index contributed by atoms with van der Waals surface area (Å²) in [6, 6.07) is 10.0. The van der Waals surface area contributed by atoms with E-state index in [-0.39, 0.29) is 34.8 Å². The Hall–Kier alpha value is -4.33. The predicted octanol–water partition coefficient (Wildman–Crippen LogP) is 5.29. The fourth-order valence-corrected chi connectivity index (χ4v) is 3.57. The van der Waals surface area contributed by atoms with E-state index < -0.39 is 30.4 Å². The second-order valence-electron chi connectivity index (χ2n) is 9.07. The summed E-state index contributed by atoms with van der Waals surface area (Å²) in [5, 5.41) is 9.70. The summed E-state index contributed by atoms with van der Waals surface area (Å²) in [5.41, 5.74) is 5.83. The van der Waals surface area contributed by atoms with Crippen molar-refractivity contribution in [1.29, 1.82) is 0 Å². The molecule has 3 rings (SSSR count). The van der Waals surface area contributed by atoms with Crippen molar-refractivity contribution in [3.05, 3.63) is 53.7 Å². The molecule has 11 heteroatoms. The van der Waals surface area contributed by atoms with Crippen molar-refractivity contribution in [2.45, 2.75) is 39.1 Å². The van der Waals surface area contributed by atoms with Crippen molar-refractivity contribution >= 4 is 34.3 Å². The number of fused-ring (bicyclic) bond motifs is 1. The third-order valence-electron chi connectivity index (χ3n) is 5.10. The summed E-state index contributed by atoms with van der Waals surface area (Å²) < 4.78 is 51.7. The summed E-state index contributed by atoms with van der Waals surface area (Å²) in [6.07, 6.45) is -5.31. The molecule has 8 nitrogen and oxygen atoms in total. The van der Waals surface area contributed by atoms with Gasteiger partial charge in [-0.2, -0.15) is 13.2 Å². The largest absolute Gasteiger partial charge is 0.495 e. The molecule has 0 saturated heterocycles. The molecule has 0 aliphatic carbocycles. The molecule has 1 heterocycles. The van der Waals surface area contributed by atoms with Crippen LogP contribution < -0.4 is 15.4 Å². The number of carboxylic acid groups (broad SMARTS) is 1. The van der Waals surface area contributed by atoms with Crippen LogP contribution in [0.25, 0.3) is 10.9 Å². The minimum Gasteiger partial charge on any atom is -0.495 e. The van der Waals surface area contributed by atoms with E-state index in [1.54, 1.807) is 32.9 Å². The molecule has 0 aliphatic heterocycles. The van der Waals surface area contributed by atoms with Crippen LogP contribution in [-0.2, 0) is 11.3 Å². The second kappa shape index (κ2) is 10.3. The van der Waals surface area contributed by atoms with E-state index in [1.807, 2.05) is 0 Å². The maximum atomic E-state index is 13.3. The number of hydrogen-bond acceptors (Lipinski definition) is 5. The van der Waals surface area contributed by atoms with Gasteiger partial charge in [-0.25, -0.2) is 9.59 Å². The highest BCUT2D eigenvalue weighted by molar-refractivity contribution is 5.94. The Morgan fingerprint density at radius 1 is 1.14 bits per heavy atom. The lowest BCUT2D eigenvalue weighted by molar-refractivity contribution is -0.140. The van der Waals surface area contributed by atoms with Crippen LogP contribution in [0.2, 0.25) is 0 Å². The number of carbonyl (C=O) groups is 2. The van der Waals surface area contributed by atoms with Crippen molar-refractivity contribution < 1.29 is 37.3 Å². The first-order valence-electron chi connectivity index (χ1n) is 11.1. The number of carboxylic acids is 1. The van der Waals surface area contributed by atoms with Crippen LogP contribution in [0.1, 0.15) is 36.8 Å². The zero-order chi connectivity index (χ0) is 27.5. The molecule has 196 valence electrons. The molecule has 0 saturated carbocycles. The van der Waals surface area contributed by atoms with Crippen LogP contribution in [0.15, 0.2) is 42.5 Å². The number of benzene rings is 2. The lowest BCUT2D eigenvalue weighted by atomic mass is 10.1. The maximum Gasteiger partial charge on any atom is 0.415 e. The van der Waals surface area contributed by atoms with E-state index in [0.717, 1.165) is 9.47 Å². The lowest BCUT2D eigenvalue weighted by Crippen LogP contribution is -2.37. The number of nitrogens with two attached hydrogens (primary N) is 1. The molecule has 37 heavy (non-hydrogen) atoms. The fraction of sp³-hybridized carbons (Fsp3) is 0.308. The standard InChI is InChI=1S/C26H26F3N3O5/c1-25(2,3)37-24(35)31(21-11-10-16(23(33)34)13-22(21)36-4)12-6-7-17-14-18-19(30)8-5-9-20(18)32(17)15-26(27,28)29/h5,8-11,13-14H,12,15,30H2,1-4H3,(H,33,34). The van der Waals surface area contributed by atoms with Crippen LogP contribution in [0.5, 0.6) is 5.75 Å². The molecule has 3 N–H and O–H groups in total. The van der Waals surface area contributed by atoms with E-state index >= 15 is 0 Å². The van der Waals surface area contributed by atoms with Crippen LogP contribution in [0.4, 0.5) is 29.3 Å². The third kappa shape index (κ3) is 6.67. The number of carbonyl (C=O) groups excluding carboxylic acids is 1. The Balaban J connectivity index is 2.06. The van der Waals surface area contributed by atoms with Gasteiger partial charge < -0.3 is 24.9 Å². The smallest absolute Gasteiger partial charge is 0.415 e. The Morgan fingerprint density at radius 2 is 1.84 bits per heavy atom. The van der Waals surface area contributed by atoms with Crippen molar-refractivity contribution in [3.63, 3.8) is 0 Å². The van der Waals surface area contributed by atoms with Gasteiger partial charge >= 0.3 is 18.2 Å². The zero-order valence-electron chi connectivity index (χ0n) is 20.6. The Labute approximate surface area is 211 Å². The molecule has 3 aromatic rings.